The third-order valence-corrected chi connectivity index (χ3v) is 2.24. The van der Waals surface area contributed by atoms with Crippen molar-refractivity contribution in [1.82, 2.24) is 0 Å². The Morgan fingerprint density at radius 3 is 2.69 bits per heavy atom. The molecule has 0 radical (unpaired) electrons. The van der Waals surface area contributed by atoms with Crippen LogP contribution in [0.1, 0.15) is 11.1 Å². The van der Waals surface area contributed by atoms with E-state index in [4.69, 9.17) is 16.7 Å². The van der Waals surface area contributed by atoms with E-state index in [1.165, 1.54) is 18.2 Å². The molecule has 0 saturated heterocycles. The van der Waals surface area contributed by atoms with Crippen LogP contribution in [-0.2, 0) is 4.79 Å². The number of nitro groups is 1. The van der Waals surface area contributed by atoms with Crippen LogP contribution in [0.5, 0.6) is 0 Å². The highest BCUT2D eigenvalue weighted by atomic mass is 35.5. The minimum atomic E-state index is -1.10. The maximum absolute atomic E-state index is 10.6. The van der Waals surface area contributed by atoms with Gasteiger partial charge in [0.15, 0.2) is 0 Å². The van der Waals surface area contributed by atoms with Crippen LogP contribution in [0.25, 0.3) is 6.08 Å². The Kier molecular flexibility index (Phi) is 3.63. The predicted octanol–water partition coefficient (Wildman–Crippen LogP) is 2.65. The molecule has 0 bridgehead atoms. The van der Waals surface area contributed by atoms with Gasteiger partial charge in [0.25, 0.3) is 5.69 Å². The van der Waals surface area contributed by atoms with Crippen LogP contribution >= 0.6 is 11.6 Å². The molecular formula is C10H8ClNO4. The molecule has 0 amide bonds. The molecule has 0 unspecified atom stereocenters. The van der Waals surface area contributed by atoms with Crippen molar-refractivity contribution in [1.29, 1.82) is 0 Å². The van der Waals surface area contributed by atoms with Gasteiger partial charge in [-0.15, -0.1) is 0 Å². The summed E-state index contributed by atoms with van der Waals surface area (Å²) in [5, 5.41) is 19.2. The molecular weight excluding hydrogens is 234 g/mol. The lowest BCUT2D eigenvalue weighted by atomic mass is 10.1. The molecule has 1 aromatic carbocycles. The first-order chi connectivity index (χ1) is 7.41. The summed E-state index contributed by atoms with van der Waals surface area (Å²) >= 11 is 5.78. The second kappa shape index (κ2) is 4.76. The predicted molar refractivity (Wildman–Crippen MR) is 59.5 cm³/mol. The molecule has 1 aromatic rings. The maximum atomic E-state index is 10.6. The van der Waals surface area contributed by atoms with Crippen LogP contribution in [0.15, 0.2) is 18.2 Å². The average Bonchev–Trinajstić information content (AvgIpc) is 2.18. The number of halogens is 1. The first-order valence-electron chi connectivity index (χ1n) is 4.27. The number of aliphatic carboxylic acids is 1. The zero-order chi connectivity index (χ0) is 12.3. The minimum absolute atomic E-state index is 0.0857. The van der Waals surface area contributed by atoms with Crippen LogP contribution in [0.3, 0.4) is 0 Å². The maximum Gasteiger partial charge on any atom is 0.328 e. The summed E-state index contributed by atoms with van der Waals surface area (Å²) in [5.41, 5.74) is 0.782. The van der Waals surface area contributed by atoms with E-state index >= 15 is 0 Å². The molecule has 0 fully saturated rings. The Balaban J connectivity index is 3.20. The van der Waals surface area contributed by atoms with Crippen LogP contribution in [0, 0.1) is 17.0 Å². The molecule has 0 atom stereocenters. The second-order valence-corrected chi connectivity index (χ2v) is 3.50. The summed E-state index contributed by atoms with van der Waals surface area (Å²) in [6.45, 7) is 1.56. The summed E-state index contributed by atoms with van der Waals surface area (Å²) in [7, 11) is 0. The van der Waals surface area contributed by atoms with Gasteiger partial charge in [0.1, 0.15) is 0 Å². The standard InChI is InChI=1S/C10H8ClNO4/c1-6-4-7(2-3-10(13)14)8(11)5-9(6)12(15)16/h2-5H,1H3,(H,13,14)/b3-2+. The molecule has 6 heteroatoms. The number of nitro benzene ring substituents is 1. The average molecular weight is 242 g/mol. The zero-order valence-corrected chi connectivity index (χ0v) is 9.06. The smallest absolute Gasteiger partial charge is 0.328 e. The Morgan fingerprint density at radius 1 is 1.56 bits per heavy atom. The number of rotatable bonds is 3. The van der Waals surface area contributed by atoms with Crippen LogP contribution in [0.2, 0.25) is 5.02 Å². The summed E-state index contributed by atoms with van der Waals surface area (Å²) in [6.07, 6.45) is 2.22. The van der Waals surface area contributed by atoms with Crippen molar-refractivity contribution in [2.45, 2.75) is 6.92 Å². The molecule has 0 saturated carbocycles. The van der Waals surface area contributed by atoms with Crippen molar-refractivity contribution in [3.63, 3.8) is 0 Å². The third kappa shape index (κ3) is 2.80. The van der Waals surface area contributed by atoms with E-state index in [1.807, 2.05) is 0 Å². The zero-order valence-electron chi connectivity index (χ0n) is 8.31. The highest BCUT2D eigenvalue weighted by Crippen LogP contribution is 2.27. The van der Waals surface area contributed by atoms with E-state index in [9.17, 15) is 14.9 Å². The van der Waals surface area contributed by atoms with Gasteiger partial charge in [-0.1, -0.05) is 11.6 Å². The van der Waals surface area contributed by atoms with Crippen molar-refractivity contribution in [2.75, 3.05) is 0 Å². The van der Waals surface area contributed by atoms with Crippen LogP contribution in [0.4, 0.5) is 5.69 Å². The molecule has 1 rings (SSSR count). The van der Waals surface area contributed by atoms with E-state index < -0.39 is 10.9 Å². The first-order valence-corrected chi connectivity index (χ1v) is 4.65. The molecule has 16 heavy (non-hydrogen) atoms. The molecule has 0 aliphatic rings. The van der Waals surface area contributed by atoms with E-state index in [0.29, 0.717) is 11.1 Å². The number of carbonyl (C=O) groups is 1. The second-order valence-electron chi connectivity index (χ2n) is 3.09. The SMILES string of the molecule is Cc1cc(/C=C/C(=O)O)c(Cl)cc1[N+](=O)[O-]. The molecule has 0 spiro atoms. The quantitative estimate of drug-likeness (QED) is 0.501. The van der Waals surface area contributed by atoms with Gasteiger partial charge in [0, 0.05) is 17.7 Å². The number of carboxylic acid groups (broad SMARTS) is 1. The summed E-state index contributed by atoms with van der Waals surface area (Å²) in [6, 6.07) is 2.68. The number of carboxylic acids is 1. The molecule has 0 aliphatic carbocycles. The molecule has 0 aliphatic heterocycles. The van der Waals surface area contributed by atoms with Gasteiger partial charge in [0.05, 0.1) is 9.95 Å². The van der Waals surface area contributed by atoms with Gasteiger partial charge in [-0.05, 0) is 24.6 Å². The van der Waals surface area contributed by atoms with Crippen LogP contribution in [-0.4, -0.2) is 16.0 Å². The van der Waals surface area contributed by atoms with Crippen molar-refractivity contribution in [2.24, 2.45) is 0 Å². The summed E-state index contributed by atoms with van der Waals surface area (Å²) < 4.78 is 0. The van der Waals surface area contributed by atoms with E-state index in [0.717, 1.165) is 6.08 Å². The number of nitrogens with zero attached hydrogens (tertiary/aromatic N) is 1. The fourth-order valence-electron chi connectivity index (χ4n) is 1.18. The van der Waals surface area contributed by atoms with Gasteiger partial charge in [-0.3, -0.25) is 10.1 Å². The lowest BCUT2D eigenvalue weighted by Crippen LogP contribution is -1.93. The van der Waals surface area contributed by atoms with Gasteiger partial charge >= 0.3 is 5.97 Å². The first kappa shape index (κ1) is 12.2. The monoisotopic (exact) mass is 241 g/mol. The summed E-state index contributed by atoms with van der Waals surface area (Å²) in [5.74, 6) is -1.10. The molecule has 0 aromatic heterocycles. The number of hydrogen-bond donors (Lipinski definition) is 1. The lowest BCUT2D eigenvalue weighted by molar-refractivity contribution is -0.385. The molecule has 5 nitrogen and oxygen atoms in total. The van der Waals surface area contributed by atoms with Gasteiger partial charge < -0.3 is 5.11 Å². The third-order valence-electron chi connectivity index (χ3n) is 1.92. The molecule has 1 N–H and O–H groups in total. The van der Waals surface area contributed by atoms with Gasteiger partial charge in [0.2, 0.25) is 0 Å². The Hall–Kier alpha value is -1.88. The number of benzene rings is 1. The van der Waals surface area contributed by atoms with Crippen LogP contribution < -0.4 is 0 Å². The number of hydrogen-bond acceptors (Lipinski definition) is 3. The van der Waals surface area contributed by atoms with Crippen molar-refractivity contribution in [3.8, 4) is 0 Å². The fraction of sp³-hybridized carbons (Fsp3) is 0.100. The van der Waals surface area contributed by atoms with Gasteiger partial charge in [-0.2, -0.15) is 0 Å². The fourth-order valence-corrected chi connectivity index (χ4v) is 1.40. The Bertz CT molecular complexity index is 482. The van der Waals surface area contributed by atoms with Crippen molar-refractivity contribution >= 4 is 29.3 Å². The largest absolute Gasteiger partial charge is 0.478 e. The molecule has 84 valence electrons. The van der Waals surface area contributed by atoms with Gasteiger partial charge in [-0.25, -0.2) is 4.79 Å². The van der Waals surface area contributed by atoms with Crippen molar-refractivity contribution in [3.05, 3.63) is 44.5 Å². The highest BCUT2D eigenvalue weighted by Gasteiger charge is 2.13. The normalized spacial score (nSPS) is 10.6. The Labute approximate surface area is 96.1 Å². The highest BCUT2D eigenvalue weighted by molar-refractivity contribution is 6.32. The summed E-state index contributed by atoms with van der Waals surface area (Å²) in [4.78, 5) is 20.4. The molecule has 0 heterocycles. The van der Waals surface area contributed by atoms with Crippen molar-refractivity contribution < 1.29 is 14.8 Å². The lowest BCUT2D eigenvalue weighted by Gasteiger charge is -2.01. The Morgan fingerprint density at radius 2 is 2.19 bits per heavy atom. The van der Waals surface area contributed by atoms with E-state index in [1.54, 1.807) is 6.92 Å². The topological polar surface area (TPSA) is 80.4 Å². The minimum Gasteiger partial charge on any atom is -0.478 e. The van der Waals surface area contributed by atoms with E-state index in [-0.39, 0.29) is 10.7 Å². The number of aryl methyl sites for hydroxylation is 1. The van der Waals surface area contributed by atoms with E-state index in [2.05, 4.69) is 0 Å².